The Morgan fingerprint density at radius 1 is 1.09 bits per heavy atom. The number of carbonyl (C=O) groups is 2. The molecule has 0 spiro atoms. The Hall–Kier alpha value is -1.93. The van der Waals surface area contributed by atoms with Gasteiger partial charge in [0, 0.05) is 19.1 Å². The summed E-state index contributed by atoms with van der Waals surface area (Å²) in [4.78, 5) is 25.6. The smallest absolute Gasteiger partial charge is 0.309 e. The standard InChI is InChI=1S/C25H38N2O5S/c1-16-9-10-23(18(3)15-16)33(30,31)27-13-11-21(12-14-27)25(29)32-20(5)24(28)26-22-8-6-7-17(2)19(22)4/h9-10,15,17,19-22H,6-8,11-14H2,1-5H3,(H,26,28)/t17-,19+,20-,22-/m1/s1. The molecular weight excluding hydrogens is 440 g/mol. The zero-order chi connectivity index (χ0) is 24.3. The second kappa shape index (κ2) is 10.6. The lowest BCUT2D eigenvalue weighted by atomic mass is 9.78. The monoisotopic (exact) mass is 478 g/mol. The Balaban J connectivity index is 1.52. The van der Waals surface area contributed by atoms with Crippen LogP contribution in [0, 0.1) is 31.6 Å². The minimum atomic E-state index is -3.60. The van der Waals surface area contributed by atoms with Crippen LogP contribution in [0.15, 0.2) is 23.1 Å². The van der Waals surface area contributed by atoms with Crippen molar-refractivity contribution in [2.24, 2.45) is 17.8 Å². The minimum Gasteiger partial charge on any atom is -0.452 e. The van der Waals surface area contributed by atoms with E-state index in [1.807, 2.05) is 13.0 Å². The summed E-state index contributed by atoms with van der Waals surface area (Å²) in [6.45, 7) is 10.2. The van der Waals surface area contributed by atoms with Crippen LogP contribution < -0.4 is 5.32 Å². The summed E-state index contributed by atoms with van der Waals surface area (Å²) in [6.07, 6.45) is 3.12. The highest BCUT2D eigenvalue weighted by molar-refractivity contribution is 7.89. The lowest BCUT2D eigenvalue weighted by Crippen LogP contribution is -2.48. The number of esters is 1. The maximum atomic E-state index is 13.1. The van der Waals surface area contributed by atoms with Crippen molar-refractivity contribution in [3.05, 3.63) is 29.3 Å². The summed E-state index contributed by atoms with van der Waals surface area (Å²) < 4.78 is 33.0. The molecule has 0 bridgehead atoms. The maximum Gasteiger partial charge on any atom is 0.309 e. The van der Waals surface area contributed by atoms with Crippen molar-refractivity contribution in [3.63, 3.8) is 0 Å². The van der Waals surface area contributed by atoms with E-state index in [0.717, 1.165) is 24.0 Å². The quantitative estimate of drug-likeness (QED) is 0.631. The largest absolute Gasteiger partial charge is 0.452 e. The normalized spacial score (nSPS) is 25.9. The lowest BCUT2D eigenvalue weighted by molar-refractivity contribution is -0.160. The molecule has 1 saturated heterocycles. The molecule has 3 rings (SSSR count). The summed E-state index contributed by atoms with van der Waals surface area (Å²) in [7, 11) is -3.60. The van der Waals surface area contributed by atoms with Crippen LogP contribution in [-0.4, -0.2) is 49.8 Å². The number of benzene rings is 1. The second-order valence-electron chi connectivity index (χ2n) is 9.91. The Kier molecular flexibility index (Phi) is 8.22. The third-order valence-corrected chi connectivity index (χ3v) is 9.49. The zero-order valence-electron chi connectivity index (χ0n) is 20.5. The molecule has 1 aliphatic heterocycles. The van der Waals surface area contributed by atoms with E-state index in [4.69, 9.17) is 4.74 Å². The fourth-order valence-corrected chi connectivity index (χ4v) is 6.64. The van der Waals surface area contributed by atoms with Gasteiger partial charge in [-0.2, -0.15) is 4.31 Å². The van der Waals surface area contributed by atoms with Crippen molar-refractivity contribution in [1.29, 1.82) is 0 Å². The molecule has 1 amide bonds. The SMILES string of the molecule is Cc1ccc(S(=O)(=O)N2CCC(C(=O)O[C@H](C)C(=O)N[C@@H]3CCC[C@@H](C)[C@@H]3C)CC2)c(C)c1. The van der Waals surface area contributed by atoms with Gasteiger partial charge < -0.3 is 10.1 Å². The first kappa shape index (κ1) is 25.7. The van der Waals surface area contributed by atoms with E-state index in [0.29, 0.717) is 29.6 Å². The van der Waals surface area contributed by atoms with Gasteiger partial charge in [-0.15, -0.1) is 0 Å². The molecule has 7 nitrogen and oxygen atoms in total. The molecule has 2 aliphatic rings. The van der Waals surface area contributed by atoms with Gasteiger partial charge in [0.1, 0.15) is 0 Å². The van der Waals surface area contributed by atoms with Crippen molar-refractivity contribution in [3.8, 4) is 0 Å². The van der Waals surface area contributed by atoms with E-state index in [1.54, 1.807) is 26.0 Å². The molecule has 1 saturated carbocycles. The van der Waals surface area contributed by atoms with Crippen LogP contribution >= 0.6 is 0 Å². The van der Waals surface area contributed by atoms with Crippen LogP contribution in [0.4, 0.5) is 0 Å². The molecule has 0 radical (unpaired) electrons. The fraction of sp³-hybridized carbons (Fsp3) is 0.680. The summed E-state index contributed by atoms with van der Waals surface area (Å²) in [5, 5.41) is 3.06. The molecule has 1 aromatic rings. The molecule has 1 aromatic carbocycles. The predicted octanol–water partition coefficient (Wildman–Crippen LogP) is 3.58. The van der Waals surface area contributed by atoms with Gasteiger partial charge in [0.05, 0.1) is 10.8 Å². The first-order chi connectivity index (χ1) is 15.5. The van der Waals surface area contributed by atoms with E-state index in [9.17, 15) is 18.0 Å². The highest BCUT2D eigenvalue weighted by Gasteiger charge is 2.35. The van der Waals surface area contributed by atoms with Crippen molar-refractivity contribution in [1.82, 2.24) is 9.62 Å². The number of carbonyl (C=O) groups excluding carboxylic acids is 2. The third-order valence-electron chi connectivity index (χ3n) is 7.43. The maximum absolute atomic E-state index is 13.1. The first-order valence-electron chi connectivity index (χ1n) is 12.1. The van der Waals surface area contributed by atoms with Crippen LogP contribution in [0.1, 0.15) is 64.0 Å². The molecule has 0 unspecified atom stereocenters. The number of amides is 1. The number of piperidine rings is 1. The van der Waals surface area contributed by atoms with Crippen LogP contribution in [-0.2, 0) is 24.3 Å². The molecule has 8 heteroatoms. The molecule has 1 heterocycles. The summed E-state index contributed by atoms with van der Waals surface area (Å²) >= 11 is 0. The molecule has 1 aliphatic carbocycles. The molecule has 184 valence electrons. The zero-order valence-corrected chi connectivity index (χ0v) is 21.3. The van der Waals surface area contributed by atoms with Gasteiger partial charge in [0.2, 0.25) is 10.0 Å². The number of sulfonamides is 1. The van der Waals surface area contributed by atoms with Crippen molar-refractivity contribution in [2.45, 2.75) is 83.8 Å². The Bertz CT molecular complexity index is 969. The van der Waals surface area contributed by atoms with E-state index in [1.165, 1.54) is 10.7 Å². The van der Waals surface area contributed by atoms with Gasteiger partial charge in [0.15, 0.2) is 6.10 Å². The van der Waals surface area contributed by atoms with Gasteiger partial charge in [0.25, 0.3) is 5.91 Å². The third kappa shape index (κ3) is 5.96. The average Bonchev–Trinajstić information content (AvgIpc) is 2.76. The summed E-state index contributed by atoms with van der Waals surface area (Å²) in [5.41, 5.74) is 1.73. The number of aryl methyl sites for hydroxylation is 2. The van der Waals surface area contributed by atoms with Crippen LogP contribution in [0.3, 0.4) is 0 Å². The minimum absolute atomic E-state index is 0.112. The number of ether oxygens (including phenoxy) is 1. The molecular formula is C25H38N2O5S. The van der Waals surface area contributed by atoms with E-state index in [-0.39, 0.29) is 25.0 Å². The Morgan fingerprint density at radius 2 is 1.76 bits per heavy atom. The Labute approximate surface area is 198 Å². The van der Waals surface area contributed by atoms with Gasteiger partial charge in [-0.05, 0) is 63.5 Å². The van der Waals surface area contributed by atoms with Crippen LogP contribution in [0.5, 0.6) is 0 Å². The van der Waals surface area contributed by atoms with Crippen molar-refractivity contribution in [2.75, 3.05) is 13.1 Å². The van der Waals surface area contributed by atoms with Gasteiger partial charge in [-0.1, -0.05) is 44.4 Å². The Morgan fingerprint density at radius 3 is 2.39 bits per heavy atom. The number of rotatable bonds is 6. The molecule has 2 fully saturated rings. The molecule has 1 N–H and O–H groups in total. The van der Waals surface area contributed by atoms with Gasteiger partial charge in [-0.25, -0.2) is 8.42 Å². The fourth-order valence-electron chi connectivity index (χ4n) is 4.97. The molecule has 0 aromatic heterocycles. The highest BCUT2D eigenvalue weighted by Crippen LogP contribution is 2.30. The van der Waals surface area contributed by atoms with E-state index < -0.39 is 28.0 Å². The molecule has 4 atom stereocenters. The second-order valence-corrected chi connectivity index (χ2v) is 11.8. The van der Waals surface area contributed by atoms with Crippen molar-refractivity contribution >= 4 is 21.9 Å². The van der Waals surface area contributed by atoms with E-state index >= 15 is 0 Å². The average molecular weight is 479 g/mol. The van der Waals surface area contributed by atoms with Gasteiger partial charge in [-0.3, -0.25) is 9.59 Å². The van der Waals surface area contributed by atoms with Crippen molar-refractivity contribution < 1.29 is 22.7 Å². The first-order valence-corrected chi connectivity index (χ1v) is 13.5. The van der Waals surface area contributed by atoms with Crippen LogP contribution in [0.25, 0.3) is 0 Å². The van der Waals surface area contributed by atoms with Gasteiger partial charge >= 0.3 is 5.97 Å². The number of nitrogens with one attached hydrogen (secondary N) is 1. The van der Waals surface area contributed by atoms with E-state index in [2.05, 4.69) is 19.2 Å². The predicted molar refractivity (Wildman–Crippen MR) is 127 cm³/mol. The number of nitrogens with zero attached hydrogens (tertiary/aromatic N) is 1. The summed E-state index contributed by atoms with van der Waals surface area (Å²) in [5.74, 6) is -0.129. The number of hydrogen-bond donors (Lipinski definition) is 1. The lowest BCUT2D eigenvalue weighted by Gasteiger charge is -2.35. The molecule has 33 heavy (non-hydrogen) atoms. The topological polar surface area (TPSA) is 92.8 Å². The highest BCUT2D eigenvalue weighted by atomic mass is 32.2. The van der Waals surface area contributed by atoms with Crippen LogP contribution in [0.2, 0.25) is 0 Å². The summed E-state index contributed by atoms with van der Waals surface area (Å²) in [6, 6.07) is 5.42. The number of hydrogen-bond acceptors (Lipinski definition) is 5.